The van der Waals surface area contributed by atoms with Gasteiger partial charge in [0.05, 0.1) is 6.04 Å². The van der Waals surface area contributed by atoms with Gasteiger partial charge >= 0.3 is 6.01 Å². The van der Waals surface area contributed by atoms with Gasteiger partial charge in [0.25, 0.3) is 0 Å². The van der Waals surface area contributed by atoms with E-state index in [-0.39, 0.29) is 12.6 Å². The van der Waals surface area contributed by atoms with Crippen LogP contribution in [-0.4, -0.2) is 42.0 Å². The van der Waals surface area contributed by atoms with E-state index in [2.05, 4.69) is 20.4 Å². The van der Waals surface area contributed by atoms with Crippen LogP contribution in [-0.2, 0) is 0 Å². The van der Waals surface area contributed by atoms with E-state index in [4.69, 9.17) is 9.52 Å². The predicted octanol–water partition coefficient (Wildman–Crippen LogP) is 0.949. The van der Waals surface area contributed by atoms with Gasteiger partial charge in [0, 0.05) is 19.7 Å². The highest BCUT2D eigenvalue weighted by molar-refractivity contribution is 5.25. The number of hydrogen-bond donors (Lipinski definition) is 2. The number of aromatic nitrogens is 2. The Labute approximate surface area is 107 Å². The molecule has 6 heteroatoms. The van der Waals surface area contributed by atoms with Crippen molar-refractivity contribution in [3.63, 3.8) is 0 Å². The molecule has 1 aliphatic heterocycles. The van der Waals surface area contributed by atoms with E-state index in [0.717, 1.165) is 25.9 Å². The van der Waals surface area contributed by atoms with E-state index in [1.807, 2.05) is 14.0 Å². The molecule has 0 aromatic carbocycles. The van der Waals surface area contributed by atoms with Crippen LogP contribution in [0.3, 0.4) is 0 Å². The van der Waals surface area contributed by atoms with Crippen LogP contribution in [0.5, 0.6) is 0 Å². The molecule has 0 bridgehead atoms. The maximum atomic E-state index is 9.01. The second kappa shape index (κ2) is 6.15. The SMILES string of the molecule is CNC(C)c1nnc(N2CCCC(CCO)C2)o1. The van der Waals surface area contributed by atoms with Crippen LogP contribution in [0, 0.1) is 5.92 Å². The standard InChI is InChI=1S/C12H22N4O2/c1-9(13-2)11-14-15-12(18-11)16-6-3-4-10(8-16)5-7-17/h9-10,13,17H,3-8H2,1-2H3. The molecule has 1 aromatic heterocycles. The molecule has 0 aliphatic carbocycles. The molecule has 18 heavy (non-hydrogen) atoms. The minimum atomic E-state index is 0.0734. The quantitative estimate of drug-likeness (QED) is 0.815. The van der Waals surface area contributed by atoms with Gasteiger partial charge in [0.1, 0.15) is 0 Å². The maximum absolute atomic E-state index is 9.01. The first-order valence-corrected chi connectivity index (χ1v) is 6.61. The van der Waals surface area contributed by atoms with Crippen molar-refractivity contribution in [2.24, 2.45) is 5.92 Å². The third kappa shape index (κ3) is 3.00. The largest absolute Gasteiger partial charge is 0.406 e. The molecular formula is C12H22N4O2. The maximum Gasteiger partial charge on any atom is 0.318 e. The molecule has 2 N–H and O–H groups in total. The summed E-state index contributed by atoms with van der Waals surface area (Å²) in [6.07, 6.45) is 3.14. The summed E-state index contributed by atoms with van der Waals surface area (Å²) in [5.41, 5.74) is 0. The summed E-state index contributed by atoms with van der Waals surface area (Å²) in [7, 11) is 1.87. The van der Waals surface area contributed by atoms with Crippen molar-refractivity contribution in [2.45, 2.75) is 32.2 Å². The summed E-state index contributed by atoms with van der Waals surface area (Å²) in [5.74, 6) is 1.15. The molecule has 1 aliphatic rings. The first-order chi connectivity index (χ1) is 8.74. The van der Waals surface area contributed by atoms with E-state index in [1.165, 1.54) is 6.42 Å². The Bertz CT molecular complexity index is 367. The zero-order valence-corrected chi connectivity index (χ0v) is 11.1. The monoisotopic (exact) mass is 254 g/mol. The highest BCUT2D eigenvalue weighted by Gasteiger charge is 2.24. The summed E-state index contributed by atoms with van der Waals surface area (Å²) in [5, 5.41) is 20.3. The lowest BCUT2D eigenvalue weighted by Crippen LogP contribution is -2.36. The fourth-order valence-corrected chi connectivity index (χ4v) is 2.31. The number of rotatable bonds is 5. The lowest BCUT2D eigenvalue weighted by molar-refractivity contribution is 0.242. The topological polar surface area (TPSA) is 74.4 Å². The molecule has 1 fully saturated rings. The Hall–Kier alpha value is -1.14. The molecule has 1 saturated heterocycles. The fraction of sp³-hybridized carbons (Fsp3) is 0.833. The number of aliphatic hydroxyl groups is 1. The Morgan fingerprint density at radius 1 is 1.56 bits per heavy atom. The molecule has 0 saturated carbocycles. The molecule has 2 rings (SSSR count). The molecule has 0 spiro atoms. The van der Waals surface area contributed by atoms with Crippen LogP contribution in [0.2, 0.25) is 0 Å². The second-order valence-electron chi connectivity index (χ2n) is 4.90. The average Bonchev–Trinajstić information content (AvgIpc) is 2.88. The van der Waals surface area contributed by atoms with Crippen LogP contribution in [0.4, 0.5) is 6.01 Å². The summed E-state index contributed by atoms with van der Waals surface area (Å²) in [6, 6.07) is 0.680. The molecule has 2 unspecified atom stereocenters. The van der Waals surface area contributed by atoms with Crippen molar-refractivity contribution >= 4 is 6.01 Å². The number of nitrogens with one attached hydrogen (secondary N) is 1. The predicted molar refractivity (Wildman–Crippen MR) is 68.4 cm³/mol. The highest BCUT2D eigenvalue weighted by atomic mass is 16.4. The Morgan fingerprint density at radius 3 is 3.11 bits per heavy atom. The first kappa shape index (κ1) is 13.3. The van der Waals surface area contributed by atoms with E-state index in [1.54, 1.807) is 0 Å². The van der Waals surface area contributed by atoms with Gasteiger partial charge < -0.3 is 19.7 Å². The normalized spacial score (nSPS) is 22.2. The van der Waals surface area contributed by atoms with E-state index in [9.17, 15) is 0 Å². The van der Waals surface area contributed by atoms with Gasteiger partial charge in [-0.15, -0.1) is 5.10 Å². The molecule has 6 nitrogen and oxygen atoms in total. The summed E-state index contributed by atoms with van der Waals surface area (Å²) in [4.78, 5) is 2.13. The van der Waals surface area contributed by atoms with Gasteiger partial charge in [-0.25, -0.2) is 0 Å². The molecule has 0 radical (unpaired) electrons. The lowest BCUT2D eigenvalue weighted by Gasteiger charge is -2.30. The number of piperidine rings is 1. The van der Waals surface area contributed by atoms with Gasteiger partial charge in [-0.1, -0.05) is 5.10 Å². The van der Waals surface area contributed by atoms with E-state index < -0.39 is 0 Å². The van der Waals surface area contributed by atoms with Gasteiger partial charge in [-0.05, 0) is 39.2 Å². The smallest absolute Gasteiger partial charge is 0.318 e. The van der Waals surface area contributed by atoms with Gasteiger partial charge in [0.2, 0.25) is 5.89 Å². The number of anilines is 1. The Kier molecular flexibility index (Phi) is 4.54. The van der Waals surface area contributed by atoms with E-state index >= 15 is 0 Å². The average molecular weight is 254 g/mol. The van der Waals surface area contributed by atoms with Crippen molar-refractivity contribution in [3.8, 4) is 0 Å². The van der Waals surface area contributed by atoms with Gasteiger partial charge in [0.15, 0.2) is 0 Å². The van der Waals surface area contributed by atoms with Crippen molar-refractivity contribution < 1.29 is 9.52 Å². The van der Waals surface area contributed by atoms with Crippen LogP contribution in [0.25, 0.3) is 0 Å². The van der Waals surface area contributed by atoms with Crippen LogP contribution >= 0.6 is 0 Å². The molecular weight excluding hydrogens is 232 g/mol. The summed E-state index contributed by atoms with van der Waals surface area (Å²) >= 11 is 0. The second-order valence-corrected chi connectivity index (χ2v) is 4.90. The Balaban J connectivity index is 2.00. The number of nitrogens with zero attached hydrogens (tertiary/aromatic N) is 3. The number of hydrogen-bond acceptors (Lipinski definition) is 6. The summed E-state index contributed by atoms with van der Waals surface area (Å²) in [6.45, 7) is 4.10. The summed E-state index contributed by atoms with van der Waals surface area (Å²) < 4.78 is 5.68. The zero-order valence-electron chi connectivity index (χ0n) is 11.1. The molecule has 2 atom stereocenters. The molecule has 1 aromatic rings. The Morgan fingerprint density at radius 2 is 2.39 bits per heavy atom. The molecule has 0 amide bonds. The minimum Gasteiger partial charge on any atom is -0.406 e. The lowest BCUT2D eigenvalue weighted by atomic mass is 9.95. The molecule has 102 valence electrons. The first-order valence-electron chi connectivity index (χ1n) is 6.61. The van der Waals surface area contributed by atoms with Crippen molar-refractivity contribution in [1.29, 1.82) is 0 Å². The van der Waals surface area contributed by atoms with Crippen LogP contribution in [0.15, 0.2) is 4.42 Å². The number of aliphatic hydroxyl groups excluding tert-OH is 1. The zero-order chi connectivity index (χ0) is 13.0. The third-order valence-electron chi connectivity index (χ3n) is 3.56. The minimum absolute atomic E-state index is 0.0734. The van der Waals surface area contributed by atoms with E-state index in [0.29, 0.717) is 17.8 Å². The van der Waals surface area contributed by atoms with Crippen LogP contribution < -0.4 is 10.2 Å². The molecule has 2 heterocycles. The van der Waals surface area contributed by atoms with Crippen molar-refractivity contribution in [3.05, 3.63) is 5.89 Å². The van der Waals surface area contributed by atoms with Crippen molar-refractivity contribution in [2.75, 3.05) is 31.6 Å². The highest BCUT2D eigenvalue weighted by Crippen LogP contribution is 2.25. The fourth-order valence-electron chi connectivity index (χ4n) is 2.31. The van der Waals surface area contributed by atoms with Gasteiger partial charge in [-0.2, -0.15) is 0 Å². The van der Waals surface area contributed by atoms with Crippen LogP contribution in [0.1, 0.15) is 38.1 Å². The van der Waals surface area contributed by atoms with Crippen molar-refractivity contribution in [1.82, 2.24) is 15.5 Å². The third-order valence-corrected chi connectivity index (χ3v) is 3.56. The van der Waals surface area contributed by atoms with Gasteiger partial charge in [-0.3, -0.25) is 0 Å².